The van der Waals surface area contributed by atoms with Crippen LogP contribution < -0.4 is 4.72 Å². The Labute approximate surface area is 118 Å². The number of rotatable bonds is 3. The van der Waals surface area contributed by atoms with Crippen molar-refractivity contribution in [2.75, 3.05) is 4.72 Å². The first-order valence-electron chi connectivity index (χ1n) is 5.89. The van der Waals surface area contributed by atoms with Gasteiger partial charge in [-0.2, -0.15) is 5.26 Å². The zero-order chi connectivity index (χ0) is 14.8. The molecule has 0 aliphatic rings. The molecule has 0 aliphatic heterocycles. The molecule has 5 nitrogen and oxygen atoms in total. The average molecular weight is 287 g/mol. The maximum atomic E-state index is 12.4. The van der Waals surface area contributed by atoms with Gasteiger partial charge in [-0.25, -0.2) is 8.42 Å². The summed E-state index contributed by atoms with van der Waals surface area (Å²) >= 11 is 0. The molecule has 1 aromatic heterocycles. The Bertz CT molecular complexity index is 792. The van der Waals surface area contributed by atoms with Crippen molar-refractivity contribution in [3.8, 4) is 6.07 Å². The summed E-state index contributed by atoms with van der Waals surface area (Å²) in [5.74, 6) is 0. The molecule has 0 unspecified atom stereocenters. The standard InChI is InChI=1S/C14H13N3O2S/c1-10-5-6-12(9-15)8-14(10)20(18,19)17-13-4-3-7-16-11(13)2/h3-8,17H,1-2H3. The van der Waals surface area contributed by atoms with Gasteiger partial charge in [0.2, 0.25) is 0 Å². The third kappa shape index (κ3) is 2.78. The molecular weight excluding hydrogens is 274 g/mol. The number of anilines is 1. The molecule has 0 atom stereocenters. The van der Waals surface area contributed by atoms with Gasteiger partial charge in [0.1, 0.15) is 0 Å². The van der Waals surface area contributed by atoms with Crippen LogP contribution in [-0.4, -0.2) is 13.4 Å². The van der Waals surface area contributed by atoms with Crippen molar-refractivity contribution < 1.29 is 8.42 Å². The van der Waals surface area contributed by atoms with E-state index in [0.29, 0.717) is 22.5 Å². The Balaban J connectivity index is 2.47. The van der Waals surface area contributed by atoms with Crippen molar-refractivity contribution in [1.82, 2.24) is 4.98 Å². The van der Waals surface area contributed by atoms with Gasteiger partial charge in [0, 0.05) is 6.20 Å². The molecule has 2 rings (SSSR count). The van der Waals surface area contributed by atoms with Crippen LogP contribution in [0.1, 0.15) is 16.8 Å². The van der Waals surface area contributed by atoms with Crippen molar-refractivity contribution in [3.05, 3.63) is 53.3 Å². The second kappa shape index (κ2) is 5.31. The zero-order valence-electron chi connectivity index (χ0n) is 11.1. The van der Waals surface area contributed by atoms with Crippen LogP contribution in [0.2, 0.25) is 0 Å². The molecule has 0 aliphatic carbocycles. The van der Waals surface area contributed by atoms with Gasteiger partial charge in [0.25, 0.3) is 10.0 Å². The summed E-state index contributed by atoms with van der Waals surface area (Å²) in [6, 6.07) is 9.80. The number of benzene rings is 1. The van der Waals surface area contributed by atoms with Crippen LogP contribution in [0.4, 0.5) is 5.69 Å². The predicted molar refractivity (Wildman–Crippen MR) is 75.7 cm³/mol. The third-order valence-electron chi connectivity index (χ3n) is 2.86. The lowest BCUT2D eigenvalue weighted by Gasteiger charge is -2.11. The van der Waals surface area contributed by atoms with Crippen LogP contribution in [0.5, 0.6) is 0 Å². The topological polar surface area (TPSA) is 82.8 Å². The van der Waals surface area contributed by atoms with Crippen LogP contribution in [0, 0.1) is 25.2 Å². The molecule has 0 bridgehead atoms. The van der Waals surface area contributed by atoms with Crippen molar-refractivity contribution in [2.45, 2.75) is 18.7 Å². The van der Waals surface area contributed by atoms with Crippen LogP contribution in [-0.2, 0) is 10.0 Å². The first-order valence-corrected chi connectivity index (χ1v) is 7.37. The van der Waals surface area contributed by atoms with Crippen molar-refractivity contribution in [2.24, 2.45) is 0 Å². The van der Waals surface area contributed by atoms with Gasteiger partial charge in [0.05, 0.1) is 27.9 Å². The van der Waals surface area contributed by atoms with Crippen LogP contribution in [0.3, 0.4) is 0 Å². The third-order valence-corrected chi connectivity index (χ3v) is 4.37. The van der Waals surface area contributed by atoms with E-state index >= 15 is 0 Å². The highest BCUT2D eigenvalue weighted by molar-refractivity contribution is 7.92. The fourth-order valence-corrected chi connectivity index (χ4v) is 3.14. The lowest BCUT2D eigenvalue weighted by atomic mass is 10.2. The van der Waals surface area contributed by atoms with Crippen molar-refractivity contribution in [1.29, 1.82) is 5.26 Å². The summed E-state index contributed by atoms with van der Waals surface area (Å²) in [4.78, 5) is 4.13. The number of aromatic nitrogens is 1. The largest absolute Gasteiger partial charge is 0.278 e. The molecule has 0 spiro atoms. The van der Waals surface area contributed by atoms with Gasteiger partial charge in [-0.15, -0.1) is 0 Å². The molecule has 0 saturated carbocycles. The maximum absolute atomic E-state index is 12.4. The van der Waals surface area contributed by atoms with E-state index in [4.69, 9.17) is 5.26 Å². The van der Waals surface area contributed by atoms with Crippen LogP contribution >= 0.6 is 0 Å². The molecule has 1 aromatic carbocycles. The number of hydrogen-bond donors (Lipinski definition) is 1. The van der Waals surface area contributed by atoms with E-state index in [1.807, 2.05) is 6.07 Å². The molecule has 1 heterocycles. The first-order chi connectivity index (χ1) is 9.44. The average Bonchev–Trinajstić information content (AvgIpc) is 2.41. The minimum absolute atomic E-state index is 0.0970. The molecule has 0 fully saturated rings. The van der Waals surface area contributed by atoms with Crippen molar-refractivity contribution in [3.63, 3.8) is 0 Å². The van der Waals surface area contributed by atoms with Gasteiger partial charge >= 0.3 is 0 Å². The minimum atomic E-state index is -3.74. The Morgan fingerprint density at radius 1 is 1.25 bits per heavy atom. The minimum Gasteiger partial charge on any atom is -0.278 e. The number of sulfonamides is 1. The molecule has 2 aromatic rings. The van der Waals surface area contributed by atoms with Gasteiger partial charge < -0.3 is 0 Å². The predicted octanol–water partition coefficient (Wildman–Crippen LogP) is 2.37. The molecule has 0 amide bonds. The zero-order valence-corrected chi connectivity index (χ0v) is 11.9. The van der Waals surface area contributed by atoms with E-state index in [2.05, 4.69) is 9.71 Å². The molecular formula is C14H13N3O2S. The number of hydrogen-bond acceptors (Lipinski definition) is 4. The van der Waals surface area contributed by atoms with Crippen LogP contribution in [0.15, 0.2) is 41.4 Å². The molecule has 0 saturated heterocycles. The van der Waals surface area contributed by atoms with E-state index in [1.54, 1.807) is 44.3 Å². The van der Waals surface area contributed by atoms with Gasteiger partial charge in [-0.05, 0) is 43.7 Å². The normalized spacial score (nSPS) is 10.8. The lowest BCUT2D eigenvalue weighted by molar-refractivity contribution is 0.600. The summed E-state index contributed by atoms with van der Waals surface area (Å²) in [6.45, 7) is 3.40. The van der Waals surface area contributed by atoms with Crippen molar-refractivity contribution >= 4 is 15.7 Å². The Morgan fingerprint density at radius 3 is 2.65 bits per heavy atom. The smallest absolute Gasteiger partial charge is 0.262 e. The highest BCUT2D eigenvalue weighted by Crippen LogP contribution is 2.21. The van der Waals surface area contributed by atoms with E-state index < -0.39 is 10.0 Å². The van der Waals surface area contributed by atoms with Gasteiger partial charge in [-0.3, -0.25) is 9.71 Å². The van der Waals surface area contributed by atoms with E-state index in [9.17, 15) is 8.42 Å². The summed E-state index contributed by atoms with van der Waals surface area (Å²) in [6.07, 6.45) is 1.59. The maximum Gasteiger partial charge on any atom is 0.262 e. The summed E-state index contributed by atoms with van der Waals surface area (Å²) in [7, 11) is -3.74. The first kappa shape index (κ1) is 14.0. The second-order valence-corrected chi connectivity index (χ2v) is 5.98. The van der Waals surface area contributed by atoms with E-state index in [-0.39, 0.29) is 4.90 Å². The van der Waals surface area contributed by atoms with Gasteiger partial charge in [0.15, 0.2) is 0 Å². The monoisotopic (exact) mass is 287 g/mol. The molecule has 20 heavy (non-hydrogen) atoms. The molecule has 6 heteroatoms. The molecule has 1 N–H and O–H groups in total. The number of aryl methyl sites for hydroxylation is 2. The van der Waals surface area contributed by atoms with Crippen LogP contribution in [0.25, 0.3) is 0 Å². The highest BCUT2D eigenvalue weighted by Gasteiger charge is 2.18. The fourth-order valence-electron chi connectivity index (χ4n) is 1.75. The second-order valence-electron chi connectivity index (χ2n) is 4.33. The van der Waals surface area contributed by atoms with Gasteiger partial charge in [-0.1, -0.05) is 6.07 Å². The quantitative estimate of drug-likeness (QED) is 0.939. The van der Waals surface area contributed by atoms with E-state index in [0.717, 1.165) is 0 Å². The van der Waals surface area contributed by atoms with E-state index in [1.165, 1.54) is 6.07 Å². The molecule has 102 valence electrons. The fraction of sp³-hybridized carbons (Fsp3) is 0.143. The summed E-state index contributed by atoms with van der Waals surface area (Å²) in [5, 5.41) is 8.88. The summed E-state index contributed by atoms with van der Waals surface area (Å²) < 4.78 is 27.3. The Hall–Kier alpha value is -2.39. The number of pyridine rings is 1. The Morgan fingerprint density at radius 2 is 2.00 bits per heavy atom. The highest BCUT2D eigenvalue weighted by atomic mass is 32.2. The number of nitriles is 1. The summed E-state index contributed by atoms with van der Waals surface area (Å²) in [5.41, 5.74) is 1.90. The lowest BCUT2D eigenvalue weighted by Crippen LogP contribution is -2.15. The SMILES string of the molecule is Cc1ccc(C#N)cc1S(=O)(=O)Nc1cccnc1C. The Kier molecular flexibility index (Phi) is 3.72. The number of nitrogens with zero attached hydrogens (tertiary/aromatic N) is 2. The number of nitrogens with one attached hydrogen (secondary N) is 1. The molecule has 0 radical (unpaired) electrons.